The molecule has 21 heavy (non-hydrogen) atoms. The van der Waals surface area contributed by atoms with Crippen molar-refractivity contribution < 1.29 is 4.39 Å². The molecule has 0 bridgehead atoms. The molecule has 110 valence electrons. The van der Waals surface area contributed by atoms with Crippen LogP contribution in [0.4, 0.5) is 4.39 Å². The lowest BCUT2D eigenvalue weighted by Gasteiger charge is -2.29. The SMILES string of the molecule is CCNC(c1ccc(Cl)cc1F)C1(c2ccccc2)CC1. The van der Waals surface area contributed by atoms with Crippen molar-refractivity contribution in [2.45, 2.75) is 31.2 Å². The van der Waals surface area contributed by atoms with Gasteiger partial charge in [-0.05, 0) is 37.1 Å². The summed E-state index contributed by atoms with van der Waals surface area (Å²) < 4.78 is 14.4. The lowest BCUT2D eigenvalue weighted by Crippen LogP contribution is -2.32. The summed E-state index contributed by atoms with van der Waals surface area (Å²) in [6.45, 7) is 2.86. The van der Waals surface area contributed by atoms with E-state index in [1.54, 1.807) is 6.07 Å². The van der Waals surface area contributed by atoms with Crippen molar-refractivity contribution >= 4 is 11.6 Å². The van der Waals surface area contributed by atoms with E-state index in [4.69, 9.17) is 11.6 Å². The smallest absolute Gasteiger partial charge is 0.129 e. The Kier molecular flexibility index (Phi) is 4.01. The normalized spacial score (nSPS) is 17.5. The number of hydrogen-bond donors (Lipinski definition) is 1. The van der Waals surface area contributed by atoms with Crippen molar-refractivity contribution in [2.24, 2.45) is 0 Å². The summed E-state index contributed by atoms with van der Waals surface area (Å²) in [5.74, 6) is -0.226. The molecule has 1 nitrogen and oxygen atoms in total. The second-order valence-corrected chi connectivity index (χ2v) is 6.12. The van der Waals surface area contributed by atoms with Crippen LogP contribution in [0, 0.1) is 5.82 Å². The summed E-state index contributed by atoms with van der Waals surface area (Å²) >= 11 is 5.89. The molecule has 1 saturated carbocycles. The van der Waals surface area contributed by atoms with Gasteiger partial charge in [-0.1, -0.05) is 54.9 Å². The molecule has 0 spiro atoms. The first-order valence-corrected chi connectivity index (χ1v) is 7.79. The molecule has 0 heterocycles. The van der Waals surface area contributed by atoms with Crippen molar-refractivity contribution in [3.63, 3.8) is 0 Å². The summed E-state index contributed by atoms with van der Waals surface area (Å²) in [6, 6.07) is 15.4. The zero-order chi connectivity index (χ0) is 14.9. The maximum absolute atomic E-state index is 14.4. The van der Waals surface area contributed by atoms with Crippen LogP contribution in [0.25, 0.3) is 0 Å². The predicted octanol–water partition coefficient (Wildman–Crippen LogP) is 4.86. The summed E-state index contributed by atoms with van der Waals surface area (Å²) in [6.07, 6.45) is 2.16. The number of benzene rings is 2. The monoisotopic (exact) mass is 303 g/mol. The molecule has 0 amide bonds. The van der Waals surface area contributed by atoms with Crippen LogP contribution >= 0.6 is 11.6 Å². The Hall–Kier alpha value is -1.38. The lowest BCUT2D eigenvalue weighted by atomic mass is 9.83. The Balaban J connectivity index is 2.02. The van der Waals surface area contributed by atoms with E-state index >= 15 is 0 Å². The molecule has 1 fully saturated rings. The van der Waals surface area contributed by atoms with Gasteiger partial charge >= 0.3 is 0 Å². The van der Waals surface area contributed by atoms with Gasteiger partial charge in [-0.15, -0.1) is 0 Å². The first-order chi connectivity index (χ1) is 10.2. The van der Waals surface area contributed by atoms with Crippen LogP contribution < -0.4 is 5.32 Å². The van der Waals surface area contributed by atoms with Gasteiger partial charge in [-0.3, -0.25) is 0 Å². The Morgan fingerprint density at radius 3 is 2.48 bits per heavy atom. The van der Waals surface area contributed by atoms with Crippen LogP contribution in [-0.2, 0) is 5.41 Å². The molecule has 2 aromatic carbocycles. The van der Waals surface area contributed by atoms with Crippen LogP contribution in [0.5, 0.6) is 0 Å². The van der Waals surface area contributed by atoms with Crippen LogP contribution in [0.1, 0.15) is 36.9 Å². The van der Waals surface area contributed by atoms with E-state index < -0.39 is 0 Å². The van der Waals surface area contributed by atoms with E-state index in [1.165, 1.54) is 11.6 Å². The van der Waals surface area contributed by atoms with Crippen molar-refractivity contribution in [1.29, 1.82) is 0 Å². The maximum Gasteiger partial charge on any atom is 0.129 e. The van der Waals surface area contributed by atoms with Crippen LogP contribution in [0.15, 0.2) is 48.5 Å². The van der Waals surface area contributed by atoms with Gasteiger partial charge in [-0.2, -0.15) is 0 Å². The highest BCUT2D eigenvalue weighted by Crippen LogP contribution is 2.56. The van der Waals surface area contributed by atoms with E-state index in [0.717, 1.165) is 19.4 Å². The Bertz CT molecular complexity index is 622. The zero-order valence-corrected chi connectivity index (χ0v) is 12.8. The number of likely N-dealkylation sites (N-methyl/N-ethyl adjacent to an activating group) is 1. The van der Waals surface area contributed by atoms with Gasteiger partial charge in [0.2, 0.25) is 0 Å². The van der Waals surface area contributed by atoms with E-state index in [9.17, 15) is 4.39 Å². The summed E-state index contributed by atoms with van der Waals surface area (Å²) in [7, 11) is 0. The molecule has 1 aliphatic rings. The average molecular weight is 304 g/mol. The molecule has 1 N–H and O–H groups in total. The van der Waals surface area contributed by atoms with Crippen molar-refractivity contribution in [1.82, 2.24) is 5.32 Å². The highest BCUT2D eigenvalue weighted by atomic mass is 35.5. The molecule has 3 heteroatoms. The van der Waals surface area contributed by atoms with Gasteiger partial charge in [0.25, 0.3) is 0 Å². The van der Waals surface area contributed by atoms with Crippen LogP contribution in [-0.4, -0.2) is 6.54 Å². The first-order valence-electron chi connectivity index (χ1n) is 7.41. The van der Waals surface area contributed by atoms with Crippen molar-refractivity contribution in [3.8, 4) is 0 Å². The fourth-order valence-corrected chi connectivity index (χ4v) is 3.35. The third-order valence-corrected chi connectivity index (χ3v) is 4.61. The minimum atomic E-state index is -0.226. The molecule has 0 aliphatic heterocycles. The van der Waals surface area contributed by atoms with Gasteiger partial charge < -0.3 is 5.32 Å². The quantitative estimate of drug-likeness (QED) is 0.831. The van der Waals surface area contributed by atoms with E-state index in [-0.39, 0.29) is 17.3 Å². The fourth-order valence-electron chi connectivity index (χ4n) is 3.19. The Morgan fingerprint density at radius 2 is 1.90 bits per heavy atom. The number of nitrogens with one attached hydrogen (secondary N) is 1. The molecular formula is C18H19ClFN. The highest BCUT2D eigenvalue weighted by molar-refractivity contribution is 6.30. The van der Waals surface area contributed by atoms with Gasteiger partial charge in [0.15, 0.2) is 0 Å². The molecule has 3 rings (SSSR count). The number of rotatable bonds is 5. The maximum atomic E-state index is 14.4. The summed E-state index contributed by atoms with van der Waals surface area (Å²) in [5.41, 5.74) is 2.00. The molecular weight excluding hydrogens is 285 g/mol. The first kappa shape index (κ1) is 14.6. The highest BCUT2D eigenvalue weighted by Gasteiger charge is 2.51. The molecule has 2 aromatic rings. The fraction of sp³-hybridized carbons (Fsp3) is 0.333. The average Bonchev–Trinajstić information content (AvgIpc) is 3.28. The predicted molar refractivity (Wildman–Crippen MR) is 85.2 cm³/mol. The Labute approximate surface area is 130 Å². The molecule has 1 unspecified atom stereocenters. The zero-order valence-electron chi connectivity index (χ0n) is 12.1. The number of hydrogen-bond acceptors (Lipinski definition) is 1. The standard InChI is InChI=1S/C18H19ClFN/c1-2-21-17(15-9-8-14(19)12-16(15)20)18(10-11-18)13-6-4-3-5-7-13/h3-9,12,17,21H,2,10-11H2,1H3. The summed E-state index contributed by atoms with van der Waals surface area (Å²) in [5, 5.41) is 3.92. The summed E-state index contributed by atoms with van der Waals surface area (Å²) in [4.78, 5) is 0. The largest absolute Gasteiger partial charge is 0.309 e. The van der Waals surface area contributed by atoms with E-state index in [2.05, 4.69) is 36.5 Å². The molecule has 0 aromatic heterocycles. The topological polar surface area (TPSA) is 12.0 Å². The minimum absolute atomic E-state index is 0.00589. The van der Waals surface area contributed by atoms with Crippen molar-refractivity contribution in [2.75, 3.05) is 6.54 Å². The minimum Gasteiger partial charge on any atom is -0.309 e. The van der Waals surface area contributed by atoms with Gasteiger partial charge in [0.1, 0.15) is 5.82 Å². The van der Waals surface area contributed by atoms with Crippen LogP contribution in [0.2, 0.25) is 5.02 Å². The van der Waals surface area contributed by atoms with Gasteiger partial charge in [0, 0.05) is 22.0 Å². The van der Waals surface area contributed by atoms with E-state index in [1.807, 2.05) is 12.1 Å². The molecule has 0 saturated heterocycles. The van der Waals surface area contributed by atoms with Crippen molar-refractivity contribution in [3.05, 3.63) is 70.5 Å². The second kappa shape index (κ2) is 5.78. The molecule has 0 radical (unpaired) electrons. The van der Waals surface area contributed by atoms with Gasteiger partial charge in [0.05, 0.1) is 0 Å². The second-order valence-electron chi connectivity index (χ2n) is 5.68. The molecule has 1 aliphatic carbocycles. The lowest BCUT2D eigenvalue weighted by molar-refractivity contribution is 0.421. The van der Waals surface area contributed by atoms with Crippen LogP contribution in [0.3, 0.4) is 0 Å². The third kappa shape index (κ3) is 2.70. The molecule has 1 atom stereocenters. The van der Waals surface area contributed by atoms with E-state index in [0.29, 0.717) is 10.6 Å². The Morgan fingerprint density at radius 1 is 1.19 bits per heavy atom. The third-order valence-electron chi connectivity index (χ3n) is 4.37. The van der Waals surface area contributed by atoms with Gasteiger partial charge in [-0.25, -0.2) is 4.39 Å². The number of halogens is 2.